The quantitative estimate of drug-likeness (QED) is 0.339. The topological polar surface area (TPSA) is 59.3 Å². The summed E-state index contributed by atoms with van der Waals surface area (Å²) >= 11 is 3.89. The zero-order chi connectivity index (χ0) is 20.9. The fraction of sp³-hybridized carbons (Fsp3) is 0.350. The Morgan fingerprint density at radius 2 is 2.00 bits per heavy atom. The van der Waals surface area contributed by atoms with Crippen LogP contribution >= 0.6 is 41.7 Å². The van der Waals surface area contributed by atoms with Crippen LogP contribution in [-0.4, -0.2) is 51.8 Å². The largest absolute Gasteiger partial charge is 0.378 e. The van der Waals surface area contributed by atoms with Gasteiger partial charge >= 0.3 is 0 Å². The maximum Gasteiger partial charge on any atom is 0.227 e. The highest BCUT2D eigenvalue weighted by atomic mass is 127. The molecule has 160 valence electrons. The molecule has 0 amide bonds. The second-order valence-electron chi connectivity index (χ2n) is 7.58. The number of aromatic nitrogens is 4. The fourth-order valence-electron chi connectivity index (χ4n) is 4.30. The summed E-state index contributed by atoms with van der Waals surface area (Å²) in [6.45, 7) is 4.65. The first kappa shape index (κ1) is 19.9. The minimum absolute atomic E-state index is 0.207. The molecule has 2 aliphatic rings. The van der Waals surface area contributed by atoms with Crippen molar-refractivity contribution in [1.82, 2.24) is 18.9 Å². The monoisotopic (exact) mass is 568 g/mol. The average molecular weight is 568 g/mol. The summed E-state index contributed by atoms with van der Waals surface area (Å²) in [5, 5.41) is 1.95. The minimum Gasteiger partial charge on any atom is -0.378 e. The second kappa shape index (κ2) is 8.01. The SMILES string of the molecule is Fc1ccc2c(c1)c1c(n2SI)CCN(c2ncc3nc(N4CCOCC4)sc3n2)C1. The zero-order valence-corrected chi connectivity index (χ0v) is 20.2. The first-order valence-corrected chi connectivity index (χ1v) is 14.2. The summed E-state index contributed by atoms with van der Waals surface area (Å²) in [6, 6.07) is 5.04. The molecule has 1 saturated heterocycles. The maximum absolute atomic E-state index is 14.0. The van der Waals surface area contributed by atoms with Gasteiger partial charge < -0.3 is 14.5 Å². The lowest BCUT2D eigenvalue weighted by Gasteiger charge is -2.27. The number of benzene rings is 1. The van der Waals surface area contributed by atoms with E-state index in [1.54, 1.807) is 26.5 Å². The van der Waals surface area contributed by atoms with Gasteiger partial charge in [-0.3, -0.25) is 3.97 Å². The lowest BCUT2D eigenvalue weighted by molar-refractivity contribution is 0.122. The van der Waals surface area contributed by atoms with Gasteiger partial charge in [-0.05, 0) is 18.2 Å². The van der Waals surface area contributed by atoms with E-state index >= 15 is 0 Å². The van der Waals surface area contributed by atoms with Crippen LogP contribution in [0.25, 0.3) is 21.3 Å². The normalized spacial score (nSPS) is 17.0. The van der Waals surface area contributed by atoms with Crippen LogP contribution in [0.15, 0.2) is 24.4 Å². The summed E-state index contributed by atoms with van der Waals surface area (Å²) in [4.78, 5) is 19.5. The molecule has 0 N–H and O–H groups in total. The van der Waals surface area contributed by atoms with E-state index in [2.05, 4.69) is 40.0 Å². The van der Waals surface area contributed by atoms with Crippen molar-refractivity contribution >= 4 is 74.0 Å². The molecule has 0 aliphatic carbocycles. The van der Waals surface area contributed by atoms with Crippen LogP contribution < -0.4 is 9.80 Å². The van der Waals surface area contributed by atoms with Crippen molar-refractivity contribution in [3.05, 3.63) is 41.5 Å². The average Bonchev–Trinajstić information content (AvgIpc) is 3.37. The van der Waals surface area contributed by atoms with E-state index in [0.29, 0.717) is 12.5 Å². The second-order valence-corrected chi connectivity index (χ2v) is 10.2. The number of hydrogen-bond donors (Lipinski definition) is 0. The van der Waals surface area contributed by atoms with Gasteiger partial charge in [-0.2, -0.15) is 4.98 Å². The van der Waals surface area contributed by atoms with E-state index in [1.807, 2.05) is 12.3 Å². The van der Waals surface area contributed by atoms with Gasteiger partial charge in [0.25, 0.3) is 0 Å². The van der Waals surface area contributed by atoms with Crippen LogP contribution in [0.4, 0.5) is 15.5 Å². The molecular formula is C20H18FIN6OS2. The van der Waals surface area contributed by atoms with Crippen molar-refractivity contribution < 1.29 is 9.13 Å². The fourth-order valence-corrected chi connectivity index (χ4v) is 7.12. The van der Waals surface area contributed by atoms with Crippen molar-refractivity contribution in [2.75, 3.05) is 42.6 Å². The van der Waals surface area contributed by atoms with E-state index in [1.165, 1.54) is 11.8 Å². The van der Waals surface area contributed by atoms with E-state index < -0.39 is 0 Å². The Kier molecular flexibility index (Phi) is 5.16. The van der Waals surface area contributed by atoms with E-state index in [9.17, 15) is 4.39 Å². The van der Waals surface area contributed by atoms with E-state index in [4.69, 9.17) is 14.7 Å². The molecule has 0 saturated carbocycles. The van der Waals surface area contributed by atoms with Crippen molar-refractivity contribution in [2.24, 2.45) is 0 Å². The first-order valence-electron chi connectivity index (χ1n) is 10.0. The molecule has 0 spiro atoms. The highest BCUT2D eigenvalue weighted by Gasteiger charge is 2.26. The van der Waals surface area contributed by atoms with Crippen LogP contribution in [0, 0.1) is 5.82 Å². The van der Waals surface area contributed by atoms with Gasteiger partial charge in [-0.1, -0.05) is 11.3 Å². The third-order valence-electron chi connectivity index (χ3n) is 5.82. The Balaban J connectivity index is 1.34. The van der Waals surface area contributed by atoms with E-state index in [-0.39, 0.29) is 5.82 Å². The van der Waals surface area contributed by atoms with Gasteiger partial charge in [-0.15, -0.1) is 0 Å². The Morgan fingerprint density at radius 1 is 1.13 bits per heavy atom. The lowest BCUT2D eigenvalue weighted by atomic mass is 10.0. The number of rotatable bonds is 3. The molecule has 0 atom stereocenters. The molecule has 0 unspecified atom stereocenters. The standard InChI is InChI=1S/C20H18FIN6OS2/c21-12-1-2-16-13(9-12)14-11-27(4-3-17(14)28(16)31-22)19-23-10-15-18(25-19)30-20(24-15)26-5-7-29-8-6-26/h1-2,9-10H,3-8,11H2. The van der Waals surface area contributed by atoms with Crippen LogP contribution in [0.5, 0.6) is 0 Å². The molecular weight excluding hydrogens is 550 g/mol. The molecule has 7 nitrogen and oxygen atoms in total. The smallest absolute Gasteiger partial charge is 0.227 e. The van der Waals surface area contributed by atoms with Gasteiger partial charge in [0.05, 0.1) is 24.9 Å². The number of thiazole rings is 1. The van der Waals surface area contributed by atoms with Crippen LogP contribution in [-0.2, 0) is 17.7 Å². The van der Waals surface area contributed by atoms with Crippen molar-refractivity contribution in [2.45, 2.75) is 13.0 Å². The molecule has 5 heterocycles. The molecule has 0 bridgehead atoms. The highest BCUT2D eigenvalue weighted by Crippen LogP contribution is 2.37. The third-order valence-corrected chi connectivity index (χ3v) is 8.59. The Bertz CT molecular complexity index is 1290. The van der Waals surface area contributed by atoms with Gasteiger partial charge in [-0.25, -0.2) is 14.4 Å². The van der Waals surface area contributed by atoms with Crippen LogP contribution in [0.2, 0.25) is 0 Å². The summed E-state index contributed by atoms with van der Waals surface area (Å²) in [7, 11) is 1.63. The molecule has 31 heavy (non-hydrogen) atoms. The van der Waals surface area contributed by atoms with Crippen LogP contribution in [0.3, 0.4) is 0 Å². The highest BCUT2D eigenvalue weighted by molar-refractivity contribution is 14.2. The summed E-state index contributed by atoms with van der Waals surface area (Å²) < 4.78 is 21.7. The minimum atomic E-state index is -0.207. The number of anilines is 2. The molecule has 3 aromatic heterocycles. The summed E-state index contributed by atoms with van der Waals surface area (Å²) in [6.07, 6.45) is 2.68. The van der Waals surface area contributed by atoms with Gasteiger partial charge in [0, 0.05) is 79.6 Å². The molecule has 4 aromatic rings. The molecule has 0 radical (unpaired) electrons. The molecule has 2 aliphatic heterocycles. The zero-order valence-electron chi connectivity index (χ0n) is 16.4. The number of halogens is 2. The van der Waals surface area contributed by atoms with Gasteiger partial charge in [0.1, 0.15) is 11.3 Å². The molecule has 1 aromatic carbocycles. The van der Waals surface area contributed by atoms with Gasteiger partial charge in [0.15, 0.2) is 9.96 Å². The third kappa shape index (κ3) is 3.45. The Hall–Kier alpha value is -1.70. The number of ether oxygens (including phenoxy) is 1. The number of nitrogens with zero attached hydrogens (tertiary/aromatic N) is 6. The van der Waals surface area contributed by atoms with Crippen LogP contribution in [0.1, 0.15) is 11.3 Å². The Morgan fingerprint density at radius 3 is 2.84 bits per heavy atom. The molecule has 11 heteroatoms. The van der Waals surface area contributed by atoms with Crippen molar-refractivity contribution in [3.63, 3.8) is 0 Å². The lowest BCUT2D eigenvalue weighted by Crippen LogP contribution is -2.36. The van der Waals surface area contributed by atoms with Crippen molar-refractivity contribution in [3.8, 4) is 0 Å². The predicted molar refractivity (Wildman–Crippen MR) is 132 cm³/mol. The maximum atomic E-state index is 14.0. The van der Waals surface area contributed by atoms with Crippen molar-refractivity contribution in [1.29, 1.82) is 0 Å². The first-order chi connectivity index (χ1) is 15.2. The number of hydrogen-bond acceptors (Lipinski definition) is 8. The predicted octanol–water partition coefficient (Wildman–Crippen LogP) is 4.43. The number of morpholine rings is 1. The Labute approximate surface area is 198 Å². The van der Waals surface area contributed by atoms with E-state index in [0.717, 1.165) is 71.2 Å². The molecule has 1 fully saturated rings. The van der Waals surface area contributed by atoms with Gasteiger partial charge in [0.2, 0.25) is 5.95 Å². The summed E-state index contributed by atoms with van der Waals surface area (Å²) in [5.74, 6) is 0.496. The molecule has 6 rings (SSSR count). The summed E-state index contributed by atoms with van der Waals surface area (Å²) in [5.41, 5.74) is 4.30. The number of fused-ring (bicyclic) bond motifs is 4.